The summed E-state index contributed by atoms with van der Waals surface area (Å²) >= 11 is 12.3. The number of carbonyl (C=O) groups is 3. The number of benzene rings is 2. The fraction of sp³-hybridized carbons (Fsp3) is 0.444. The maximum absolute atomic E-state index is 13.7. The quantitative estimate of drug-likeness (QED) is 0.380. The molecule has 0 saturated carbocycles. The summed E-state index contributed by atoms with van der Waals surface area (Å²) in [4.78, 5) is 39.8. The number of ether oxygens (including phenoxy) is 1. The third-order valence-electron chi connectivity index (χ3n) is 6.88. The summed E-state index contributed by atoms with van der Waals surface area (Å²) in [6, 6.07) is 10.7. The smallest absolute Gasteiger partial charge is 0.326 e. The van der Waals surface area contributed by atoms with Gasteiger partial charge < -0.3 is 20.1 Å². The van der Waals surface area contributed by atoms with Gasteiger partial charge in [0.2, 0.25) is 11.8 Å². The highest BCUT2D eigenvalue weighted by Gasteiger charge is 2.47. The van der Waals surface area contributed by atoms with Crippen molar-refractivity contribution >= 4 is 41.0 Å². The molecule has 0 spiro atoms. The number of carboxylic acids is 1. The highest BCUT2D eigenvalue weighted by Crippen LogP contribution is 2.32. The minimum Gasteiger partial charge on any atom is -0.489 e. The lowest BCUT2D eigenvalue weighted by Gasteiger charge is -2.34. The maximum Gasteiger partial charge on any atom is 0.326 e. The lowest BCUT2D eigenvalue weighted by molar-refractivity contribution is -0.153. The minimum absolute atomic E-state index is 0.00562. The number of carbonyl (C=O) groups excluding carboxylic acids is 2. The molecule has 1 aliphatic heterocycles. The summed E-state index contributed by atoms with van der Waals surface area (Å²) in [7, 11) is 0. The van der Waals surface area contributed by atoms with E-state index in [2.05, 4.69) is 5.32 Å². The normalized spacial score (nSPS) is 16.4. The van der Waals surface area contributed by atoms with Crippen LogP contribution in [-0.4, -0.2) is 53.1 Å². The van der Waals surface area contributed by atoms with Gasteiger partial charge in [0.25, 0.3) is 0 Å². The number of halogens is 3. The van der Waals surface area contributed by atoms with Gasteiger partial charge in [-0.15, -0.1) is 0 Å². The summed E-state index contributed by atoms with van der Waals surface area (Å²) in [6.45, 7) is 3.76. The van der Waals surface area contributed by atoms with Crippen molar-refractivity contribution in [3.63, 3.8) is 0 Å². The minimum atomic E-state index is -1.45. The van der Waals surface area contributed by atoms with E-state index in [1.807, 2.05) is 0 Å². The van der Waals surface area contributed by atoms with Crippen LogP contribution >= 0.6 is 23.2 Å². The van der Waals surface area contributed by atoms with Crippen LogP contribution in [0.5, 0.6) is 5.75 Å². The fourth-order valence-corrected chi connectivity index (χ4v) is 4.96. The molecule has 2 N–H and O–H groups in total. The van der Waals surface area contributed by atoms with Crippen molar-refractivity contribution < 1.29 is 28.6 Å². The Balaban J connectivity index is 1.67. The van der Waals surface area contributed by atoms with Crippen molar-refractivity contribution in [2.24, 2.45) is 5.41 Å². The summed E-state index contributed by atoms with van der Waals surface area (Å²) in [5, 5.41) is 13.3. The van der Waals surface area contributed by atoms with Crippen molar-refractivity contribution in [2.45, 2.75) is 58.4 Å². The van der Waals surface area contributed by atoms with Crippen molar-refractivity contribution in [2.75, 3.05) is 13.1 Å². The van der Waals surface area contributed by atoms with Crippen molar-refractivity contribution in [3.05, 3.63) is 63.6 Å². The van der Waals surface area contributed by atoms with Gasteiger partial charge in [-0.25, -0.2) is 9.18 Å². The molecular formula is C27H31Cl2FN2O5. The number of aliphatic carboxylic acids is 1. The summed E-state index contributed by atoms with van der Waals surface area (Å²) in [5.74, 6) is -1.80. The van der Waals surface area contributed by atoms with E-state index in [0.29, 0.717) is 26.9 Å². The molecule has 2 aromatic rings. The Morgan fingerprint density at radius 2 is 1.76 bits per heavy atom. The van der Waals surface area contributed by atoms with E-state index in [1.54, 1.807) is 56.3 Å². The molecule has 2 atom stereocenters. The number of hydrogen-bond acceptors (Lipinski definition) is 4. The molecule has 1 fully saturated rings. The van der Waals surface area contributed by atoms with Crippen LogP contribution < -0.4 is 10.1 Å². The zero-order chi connectivity index (χ0) is 27.2. The first-order chi connectivity index (χ1) is 17.6. The third-order valence-corrected chi connectivity index (χ3v) is 7.59. The lowest BCUT2D eigenvalue weighted by atomic mass is 9.79. The van der Waals surface area contributed by atoms with Gasteiger partial charge in [0, 0.05) is 28.6 Å². The molecule has 1 heterocycles. The Morgan fingerprint density at radius 3 is 2.27 bits per heavy atom. The Hall–Kier alpha value is -2.84. The first-order valence-electron chi connectivity index (χ1n) is 12.2. The van der Waals surface area contributed by atoms with Crippen LogP contribution in [0.25, 0.3) is 0 Å². The molecule has 3 rings (SSSR count). The van der Waals surface area contributed by atoms with Crippen LogP contribution in [-0.2, 0) is 27.4 Å². The SMILES string of the molecule is CCC(CC)(C(=O)NC(Cc1ccc(OCc2c(Cl)cccc2Cl)cc1)C(=O)O)C(=O)N1CCC(F)C1. The number of nitrogens with one attached hydrogen (secondary N) is 1. The molecule has 0 bridgehead atoms. The van der Waals surface area contributed by atoms with Gasteiger partial charge in [-0.3, -0.25) is 9.59 Å². The zero-order valence-electron chi connectivity index (χ0n) is 20.8. The molecule has 2 aromatic carbocycles. The number of nitrogens with zero attached hydrogens (tertiary/aromatic N) is 1. The van der Waals surface area contributed by atoms with Gasteiger partial charge in [0.15, 0.2) is 0 Å². The second-order valence-electron chi connectivity index (χ2n) is 9.13. The number of alkyl halides is 1. The molecule has 1 saturated heterocycles. The molecule has 0 radical (unpaired) electrons. The van der Waals surface area contributed by atoms with Gasteiger partial charge in [-0.2, -0.15) is 0 Å². The molecule has 10 heteroatoms. The fourth-order valence-electron chi connectivity index (χ4n) is 4.46. The van der Waals surface area contributed by atoms with Crippen LogP contribution in [0, 0.1) is 5.41 Å². The van der Waals surface area contributed by atoms with E-state index in [1.165, 1.54) is 4.90 Å². The van der Waals surface area contributed by atoms with Crippen LogP contribution in [0.2, 0.25) is 10.0 Å². The first-order valence-corrected chi connectivity index (χ1v) is 13.0. The molecule has 1 aliphatic rings. The maximum atomic E-state index is 13.7. The number of rotatable bonds is 11. The Kier molecular flexibility index (Phi) is 9.79. The first kappa shape index (κ1) is 28.7. The monoisotopic (exact) mass is 552 g/mol. The Morgan fingerprint density at radius 1 is 1.14 bits per heavy atom. The molecular weight excluding hydrogens is 522 g/mol. The van der Waals surface area contributed by atoms with Gasteiger partial charge in [0.1, 0.15) is 30.0 Å². The summed E-state index contributed by atoms with van der Waals surface area (Å²) < 4.78 is 19.5. The van der Waals surface area contributed by atoms with Crippen LogP contribution in [0.3, 0.4) is 0 Å². The molecule has 0 aliphatic carbocycles. The van der Waals surface area contributed by atoms with Gasteiger partial charge in [0.05, 0.1) is 6.54 Å². The van der Waals surface area contributed by atoms with Crippen molar-refractivity contribution in [1.82, 2.24) is 10.2 Å². The van der Waals surface area contributed by atoms with E-state index < -0.39 is 35.4 Å². The number of likely N-dealkylation sites (tertiary alicyclic amines) is 1. The number of amides is 2. The molecule has 7 nitrogen and oxygen atoms in total. The van der Waals surface area contributed by atoms with Crippen LogP contribution in [0.4, 0.5) is 4.39 Å². The third kappa shape index (κ3) is 6.73. The lowest BCUT2D eigenvalue weighted by Crippen LogP contribution is -2.55. The zero-order valence-corrected chi connectivity index (χ0v) is 22.3. The second-order valence-corrected chi connectivity index (χ2v) is 9.94. The van der Waals surface area contributed by atoms with Crippen LogP contribution in [0.1, 0.15) is 44.2 Å². The molecule has 200 valence electrons. The number of hydrogen-bond donors (Lipinski definition) is 2. The summed E-state index contributed by atoms with van der Waals surface area (Å²) in [5.41, 5.74) is -0.139. The standard InChI is InChI=1S/C27H31Cl2FN2O5/c1-3-27(4-2,26(36)32-13-12-18(30)15-32)25(35)31-23(24(33)34)14-17-8-10-19(11-9-17)37-16-20-21(28)6-5-7-22(20)29/h5-11,18,23H,3-4,12-16H2,1-2H3,(H,31,35)(H,33,34). The highest BCUT2D eigenvalue weighted by atomic mass is 35.5. The Bertz CT molecular complexity index is 1100. The van der Waals surface area contributed by atoms with E-state index in [4.69, 9.17) is 27.9 Å². The number of carboxylic acid groups (broad SMARTS) is 1. The van der Waals surface area contributed by atoms with E-state index in [-0.39, 0.29) is 45.4 Å². The highest BCUT2D eigenvalue weighted by molar-refractivity contribution is 6.35. The predicted molar refractivity (Wildman–Crippen MR) is 140 cm³/mol. The van der Waals surface area contributed by atoms with Crippen molar-refractivity contribution in [3.8, 4) is 5.75 Å². The van der Waals surface area contributed by atoms with Gasteiger partial charge >= 0.3 is 5.97 Å². The van der Waals surface area contributed by atoms with Gasteiger partial charge in [-0.05, 0) is 49.1 Å². The topological polar surface area (TPSA) is 95.9 Å². The Labute approximate surface area is 225 Å². The average Bonchev–Trinajstić information content (AvgIpc) is 3.31. The molecule has 2 amide bonds. The van der Waals surface area contributed by atoms with Gasteiger partial charge in [-0.1, -0.05) is 55.2 Å². The molecule has 0 aromatic heterocycles. The van der Waals surface area contributed by atoms with E-state index >= 15 is 0 Å². The largest absolute Gasteiger partial charge is 0.489 e. The van der Waals surface area contributed by atoms with E-state index in [0.717, 1.165) is 0 Å². The summed E-state index contributed by atoms with van der Waals surface area (Å²) in [6.07, 6.45) is -0.519. The van der Waals surface area contributed by atoms with Crippen LogP contribution in [0.15, 0.2) is 42.5 Å². The van der Waals surface area contributed by atoms with Crippen molar-refractivity contribution in [1.29, 1.82) is 0 Å². The molecule has 37 heavy (non-hydrogen) atoms. The van der Waals surface area contributed by atoms with E-state index in [9.17, 15) is 23.9 Å². The average molecular weight is 553 g/mol. The predicted octanol–water partition coefficient (Wildman–Crippen LogP) is 5.06. The second kappa shape index (κ2) is 12.6. The molecule has 2 unspecified atom stereocenters.